The summed E-state index contributed by atoms with van der Waals surface area (Å²) in [6.45, 7) is 7.61. The number of carbonyl (C=O) groups excluding carboxylic acids is 1. The summed E-state index contributed by atoms with van der Waals surface area (Å²) < 4.78 is 4.99. The highest BCUT2D eigenvalue weighted by molar-refractivity contribution is 5.76. The molecule has 1 aliphatic rings. The highest BCUT2D eigenvalue weighted by Gasteiger charge is 2.41. The average molecular weight is 241 g/mol. The van der Waals surface area contributed by atoms with Crippen molar-refractivity contribution in [3.8, 4) is 0 Å². The lowest BCUT2D eigenvalue weighted by Gasteiger charge is -2.34. The van der Waals surface area contributed by atoms with E-state index in [4.69, 9.17) is 4.74 Å². The van der Waals surface area contributed by atoms with Crippen molar-refractivity contribution in [1.82, 2.24) is 4.90 Å². The van der Waals surface area contributed by atoms with Gasteiger partial charge in [0.2, 0.25) is 0 Å². The molecule has 3 heteroatoms. The molecule has 17 heavy (non-hydrogen) atoms. The monoisotopic (exact) mass is 241 g/mol. The van der Waals surface area contributed by atoms with Gasteiger partial charge in [-0.1, -0.05) is 20.3 Å². The van der Waals surface area contributed by atoms with Gasteiger partial charge in [0, 0.05) is 6.04 Å². The Morgan fingerprint density at radius 2 is 2.06 bits per heavy atom. The molecule has 1 saturated carbocycles. The number of esters is 1. The second-order valence-corrected chi connectivity index (χ2v) is 5.15. The Balaban J connectivity index is 2.71. The normalized spacial score (nSPS) is 19.1. The van der Waals surface area contributed by atoms with E-state index in [0.29, 0.717) is 12.0 Å². The van der Waals surface area contributed by atoms with E-state index in [1.165, 1.54) is 26.4 Å². The number of rotatable bonds is 8. The number of nitrogens with zero attached hydrogens (tertiary/aromatic N) is 1. The molecule has 100 valence electrons. The topological polar surface area (TPSA) is 29.5 Å². The van der Waals surface area contributed by atoms with Crippen LogP contribution in [-0.4, -0.2) is 36.6 Å². The summed E-state index contributed by atoms with van der Waals surface area (Å²) in [6, 6.07) is 0.466. The zero-order valence-corrected chi connectivity index (χ0v) is 11.7. The lowest BCUT2D eigenvalue weighted by Crippen LogP contribution is -2.48. The van der Waals surface area contributed by atoms with Gasteiger partial charge in [-0.3, -0.25) is 9.69 Å². The van der Waals surface area contributed by atoms with Gasteiger partial charge in [-0.25, -0.2) is 0 Å². The van der Waals surface area contributed by atoms with Crippen LogP contribution in [0.5, 0.6) is 0 Å². The molecule has 3 nitrogen and oxygen atoms in total. The van der Waals surface area contributed by atoms with Crippen LogP contribution in [0.3, 0.4) is 0 Å². The van der Waals surface area contributed by atoms with Crippen molar-refractivity contribution >= 4 is 5.97 Å². The molecule has 0 aromatic heterocycles. The Morgan fingerprint density at radius 1 is 1.41 bits per heavy atom. The Bertz CT molecular complexity index is 238. The maximum Gasteiger partial charge on any atom is 0.323 e. The maximum atomic E-state index is 12.0. The predicted molar refractivity (Wildman–Crippen MR) is 69.9 cm³/mol. The van der Waals surface area contributed by atoms with Crippen LogP contribution in [0.2, 0.25) is 0 Å². The van der Waals surface area contributed by atoms with Gasteiger partial charge in [-0.15, -0.1) is 0 Å². The van der Waals surface area contributed by atoms with Gasteiger partial charge in [-0.05, 0) is 45.1 Å². The van der Waals surface area contributed by atoms with Gasteiger partial charge in [0.25, 0.3) is 0 Å². The van der Waals surface area contributed by atoms with Crippen LogP contribution in [0.4, 0.5) is 0 Å². The lowest BCUT2D eigenvalue weighted by molar-refractivity contribution is -0.149. The Labute approximate surface area is 106 Å². The summed E-state index contributed by atoms with van der Waals surface area (Å²) in [6.07, 6.45) is 5.78. The fraction of sp³-hybridized carbons (Fsp3) is 0.929. The van der Waals surface area contributed by atoms with E-state index < -0.39 is 0 Å². The van der Waals surface area contributed by atoms with Crippen LogP contribution < -0.4 is 0 Å². The quantitative estimate of drug-likeness (QED) is 0.612. The molecular formula is C14H27NO2. The summed E-state index contributed by atoms with van der Waals surface area (Å²) in [5.74, 6) is 0.497. The molecule has 0 aromatic carbocycles. The van der Waals surface area contributed by atoms with Crippen molar-refractivity contribution in [2.24, 2.45) is 5.92 Å². The smallest absolute Gasteiger partial charge is 0.323 e. The Morgan fingerprint density at radius 3 is 2.47 bits per heavy atom. The molecule has 0 amide bonds. The number of hydrogen-bond donors (Lipinski definition) is 0. The first kappa shape index (κ1) is 14.5. The standard InChI is InChI=1S/C14H27NO2/c1-5-7-10-15(11(3)6-2)13(12-8-9-12)14(16)17-4/h11-13H,5-10H2,1-4H3. The lowest BCUT2D eigenvalue weighted by atomic mass is 10.1. The second kappa shape index (κ2) is 7.00. The van der Waals surface area contributed by atoms with Crippen molar-refractivity contribution in [3.63, 3.8) is 0 Å². The molecule has 0 aliphatic heterocycles. The van der Waals surface area contributed by atoms with E-state index in [1.807, 2.05) is 0 Å². The molecule has 0 aromatic rings. The summed E-state index contributed by atoms with van der Waals surface area (Å²) in [5.41, 5.74) is 0. The number of methoxy groups -OCH3 is 1. The van der Waals surface area contributed by atoms with E-state index in [9.17, 15) is 4.79 Å². The molecule has 0 radical (unpaired) electrons. The number of hydrogen-bond acceptors (Lipinski definition) is 3. The largest absolute Gasteiger partial charge is 0.468 e. The highest BCUT2D eigenvalue weighted by atomic mass is 16.5. The minimum absolute atomic E-state index is 0.00139. The zero-order valence-electron chi connectivity index (χ0n) is 11.7. The third-order valence-corrected chi connectivity index (χ3v) is 3.80. The highest BCUT2D eigenvalue weighted by Crippen LogP contribution is 2.37. The first-order valence-electron chi connectivity index (χ1n) is 6.99. The van der Waals surface area contributed by atoms with E-state index in [2.05, 4.69) is 25.7 Å². The molecule has 0 bridgehead atoms. The van der Waals surface area contributed by atoms with Gasteiger partial charge in [0.15, 0.2) is 0 Å². The van der Waals surface area contributed by atoms with Crippen LogP contribution in [0.1, 0.15) is 52.9 Å². The Kier molecular flexibility index (Phi) is 5.96. The summed E-state index contributed by atoms with van der Waals surface area (Å²) in [4.78, 5) is 14.3. The molecule has 1 aliphatic carbocycles. The van der Waals surface area contributed by atoms with Crippen molar-refractivity contribution in [1.29, 1.82) is 0 Å². The minimum Gasteiger partial charge on any atom is -0.468 e. The van der Waals surface area contributed by atoms with Gasteiger partial charge < -0.3 is 4.74 Å². The average Bonchev–Trinajstić information content (AvgIpc) is 3.16. The van der Waals surface area contributed by atoms with Gasteiger partial charge in [0.05, 0.1) is 7.11 Å². The SMILES string of the molecule is CCCCN(C(C)CC)C(C(=O)OC)C1CC1. The molecule has 0 saturated heterocycles. The number of ether oxygens (including phenoxy) is 1. The minimum atomic E-state index is -0.0381. The molecule has 1 fully saturated rings. The molecule has 2 unspecified atom stereocenters. The van der Waals surface area contributed by atoms with E-state index >= 15 is 0 Å². The fourth-order valence-corrected chi connectivity index (χ4v) is 2.34. The molecule has 0 heterocycles. The van der Waals surface area contributed by atoms with E-state index in [-0.39, 0.29) is 12.0 Å². The van der Waals surface area contributed by atoms with Crippen molar-refractivity contribution < 1.29 is 9.53 Å². The predicted octanol–water partition coefficient (Wildman–Crippen LogP) is 2.84. The van der Waals surface area contributed by atoms with E-state index in [0.717, 1.165) is 19.4 Å². The van der Waals surface area contributed by atoms with Gasteiger partial charge in [0.1, 0.15) is 6.04 Å². The molecule has 0 spiro atoms. The molecule has 2 atom stereocenters. The number of unbranched alkanes of at least 4 members (excludes halogenated alkanes) is 1. The zero-order chi connectivity index (χ0) is 12.8. The summed E-state index contributed by atoms with van der Waals surface area (Å²) >= 11 is 0. The van der Waals surface area contributed by atoms with Gasteiger partial charge >= 0.3 is 5.97 Å². The molecule has 1 rings (SSSR count). The Hall–Kier alpha value is -0.570. The molecule has 0 N–H and O–H groups in total. The van der Waals surface area contributed by atoms with Crippen LogP contribution in [0.15, 0.2) is 0 Å². The molecular weight excluding hydrogens is 214 g/mol. The van der Waals surface area contributed by atoms with Crippen LogP contribution in [0, 0.1) is 5.92 Å². The van der Waals surface area contributed by atoms with E-state index in [1.54, 1.807) is 0 Å². The third-order valence-electron chi connectivity index (χ3n) is 3.80. The van der Waals surface area contributed by atoms with Gasteiger partial charge in [-0.2, -0.15) is 0 Å². The van der Waals surface area contributed by atoms with Crippen LogP contribution in [-0.2, 0) is 9.53 Å². The van der Waals surface area contributed by atoms with Crippen LogP contribution >= 0.6 is 0 Å². The maximum absolute atomic E-state index is 12.0. The second-order valence-electron chi connectivity index (χ2n) is 5.15. The number of carbonyl (C=O) groups is 1. The third kappa shape index (κ3) is 3.98. The van der Waals surface area contributed by atoms with Crippen molar-refractivity contribution in [3.05, 3.63) is 0 Å². The first-order valence-corrected chi connectivity index (χ1v) is 6.99. The summed E-state index contributed by atoms with van der Waals surface area (Å²) in [5, 5.41) is 0. The summed E-state index contributed by atoms with van der Waals surface area (Å²) in [7, 11) is 1.51. The van der Waals surface area contributed by atoms with Crippen LogP contribution in [0.25, 0.3) is 0 Å². The van der Waals surface area contributed by atoms with Crippen molar-refractivity contribution in [2.45, 2.75) is 65.0 Å². The fourth-order valence-electron chi connectivity index (χ4n) is 2.34. The first-order chi connectivity index (χ1) is 8.15. The van der Waals surface area contributed by atoms with Crippen molar-refractivity contribution in [2.75, 3.05) is 13.7 Å².